The van der Waals surface area contributed by atoms with Gasteiger partial charge in [-0.05, 0) is 18.2 Å². The predicted molar refractivity (Wildman–Crippen MR) is 121 cm³/mol. The van der Waals surface area contributed by atoms with Crippen LogP contribution in [0.2, 0.25) is 0 Å². The fraction of sp³-hybridized carbons (Fsp3) is 0.364. The minimum atomic E-state index is -0.243. The van der Waals surface area contributed by atoms with Crippen molar-refractivity contribution in [3.05, 3.63) is 53.6 Å². The Morgan fingerprint density at radius 1 is 1.07 bits per heavy atom. The first-order valence-electron chi connectivity index (χ1n) is 10.1. The lowest BCUT2D eigenvalue weighted by Crippen LogP contribution is -2.07. The second-order valence-corrected chi connectivity index (χ2v) is 6.68. The molecule has 29 heavy (non-hydrogen) atoms. The highest BCUT2D eigenvalue weighted by Crippen LogP contribution is 2.32. The van der Waals surface area contributed by atoms with E-state index in [0.717, 1.165) is 22.2 Å². The molecule has 0 saturated carbocycles. The minimum absolute atomic E-state index is 0.243. The molecular formula is C22H30N6O. The highest BCUT2D eigenvalue weighted by Gasteiger charge is 2.13. The van der Waals surface area contributed by atoms with E-state index >= 15 is 0 Å². The molecule has 0 fully saturated rings. The van der Waals surface area contributed by atoms with Gasteiger partial charge in [0.15, 0.2) is 0 Å². The average molecular weight is 395 g/mol. The molecule has 2 aromatic heterocycles. The molecule has 2 N–H and O–H groups in total. The van der Waals surface area contributed by atoms with E-state index in [4.69, 9.17) is 0 Å². The Bertz CT molecular complexity index is 940. The van der Waals surface area contributed by atoms with Crippen LogP contribution in [0.3, 0.4) is 0 Å². The molecule has 7 nitrogen and oxygen atoms in total. The van der Waals surface area contributed by atoms with Gasteiger partial charge < -0.3 is 0 Å². The molecule has 0 unspecified atom stereocenters. The van der Waals surface area contributed by atoms with Gasteiger partial charge in [0.2, 0.25) is 0 Å². The first-order chi connectivity index (χ1) is 14.2. The molecule has 0 atom stereocenters. The van der Waals surface area contributed by atoms with Gasteiger partial charge in [-0.2, -0.15) is 15.3 Å². The number of hydrogen-bond donors (Lipinski definition) is 2. The van der Waals surface area contributed by atoms with E-state index in [1.807, 2.05) is 12.1 Å². The molecule has 0 aliphatic carbocycles. The van der Waals surface area contributed by atoms with Crippen LogP contribution in [-0.4, -0.2) is 27.1 Å². The molecule has 0 radical (unpaired) electrons. The Morgan fingerprint density at radius 3 is 2.34 bits per heavy atom. The summed E-state index contributed by atoms with van der Waals surface area (Å²) in [7, 11) is 0. The number of H-pyrrole nitrogens is 2. The van der Waals surface area contributed by atoms with Gasteiger partial charge in [0.1, 0.15) is 0 Å². The van der Waals surface area contributed by atoms with Gasteiger partial charge in [-0.1, -0.05) is 59.0 Å². The summed E-state index contributed by atoms with van der Waals surface area (Å²) in [6.07, 6.45) is 11.7. The molecule has 1 aromatic carbocycles. The highest BCUT2D eigenvalue weighted by molar-refractivity contribution is 6.00. The molecular weight excluding hydrogens is 364 g/mol. The van der Waals surface area contributed by atoms with Crippen LogP contribution in [0, 0.1) is 0 Å². The van der Waals surface area contributed by atoms with Crippen molar-refractivity contribution in [3.63, 3.8) is 0 Å². The summed E-state index contributed by atoms with van der Waals surface area (Å²) in [5.41, 5.74) is 2.83. The van der Waals surface area contributed by atoms with Crippen LogP contribution in [-0.2, 0) is 0 Å². The van der Waals surface area contributed by atoms with E-state index in [0.29, 0.717) is 5.69 Å². The van der Waals surface area contributed by atoms with Crippen molar-refractivity contribution in [1.29, 1.82) is 0 Å². The van der Waals surface area contributed by atoms with Crippen molar-refractivity contribution in [3.8, 4) is 11.3 Å². The standard InChI is InChI=1S/C14H12N6O.C8H18/c1-3-20(15-2)12-6-4-9(10-8-16-19-14(10)12)11-5-7-13(21)18-17-11;1-3-5-7-8-6-4-2/h3-8H,1-2H2,(H,16,19)(H,18,21);3-8H2,1-2H3. The zero-order valence-electron chi connectivity index (χ0n) is 17.3. The third-order valence-electron chi connectivity index (χ3n) is 4.58. The van der Waals surface area contributed by atoms with Gasteiger partial charge in [0, 0.05) is 29.9 Å². The zero-order chi connectivity index (χ0) is 21.1. The molecule has 2 heterocycles. The van der Waals surface area contributed by atoms with Gasteiger partial charge in [0.05, 0.1) is 23.1 Å². The topological polar surface area (TPSA) is 90.0 Å². The maximum Gasteiger partial charge on any atom is 0.264 e. The molecule has 0 amide bonds. The molecule has 3 rings (SSSR count). The number of aromatic nitrogens is 4. The number of rotatable bonds is 9. The van der Waals surface area contributed by atoms with E-state index in [-0.39, 0.29) is 5.56 Å². The van der Waals surface area contributed by atoms with E-state index in [2.05, 4.69) is 52.6 Å². The molecule has 0 aliphatic heterocycles. The number of fused-ring (bicyclic) bond motifs is 1. The fourth-order valence-corrected chi connectivity index (χ4v) is 3.02. The molecule has 0 aliphatic rings. The van der Waals surface area contributed by atoms with Gasteiger partial charge in [-0.25, -0.2) is 10.1 Å². The lowest BCUT2D eigenvalue weighted by Gasteiger charge is -2.14. The van der Waals surface area contributed by atoms with Crippen LogP contribution < -0.4 is 10.6 Å². The Kier molecular flexibility index (Phi) is 8.82. The van der Waals surface area contributed by atoms with Crippen molar-refractivity contribution in [2.45, 2.75) is 52.4 Å². The van der Waals surface area contributed by atoms with Crippen LogP contribution in [0.5, 0.6) is 0 Å². The number of benzene rings is 1. The SMILES string of the molecule is C=CN(N=C)c1ccc(-c2ccc(=O)[nH]n2)c2cn[nH]c12.CCCCCCCC. The third-order valence-corrected chi connectivity index (χ3v) is 4.58. The summed E-state index contributed by atoms with van der Waals surface area (Å²) in [6.45, 7) is 11.7. The fourth-order valence-electron chi connectivity index (χ4n) is 3.02. The summed E-state index contributed by atoms with van der Waals surface area (Å²) >= 11 is 0. The second-order valence-electron chi connectivity index (χ2n) is 6.68. The summed E-state index contributed by atoms with van der Waals surface area (Å²) < 4.78 is 0. The molecule has 0 bridgehead atoms. The van der Waals surface area contributed by atoms with Crippen LogP contribution in [0.1, 0.15) is 52.4 Å². The largest absolute Gasteiger partial charge is 0.276 e. The van der Waals surface area contributed by atoms with Crippen molar-refractivity contribution in [2.75, 3.05) is 5.01 Å². The number of hydrazone groups is 1. The lowest BCUT2D eigenvalue weighted by molar-refractivity contribution is 0.624. The smallest absolute Gasteiger partial charge is 0.264 e. The van der Waals surface area contributed by atoms with Crippen LogP contribution >= 0.6 is 0 Å². The zero-order valence-corrected chi connectivity index (χ0v) is 17.3. The number of nitrogens with zero attached hydrogens (tertiary/aromatic N) is 4. The van der Waals surface area contributed by atoms with Gasteiger partial charge in [0.25, 0.3) is 5.56 Å². The quantitative estimate of drug-likeness (QED) is 0.295. The molecule has 154 valence electrons. The number of unbranched alkanes of at least 4 members (excludes halogenated alkanes) is 5. The first-order valence-corrected chi connectivity index (χ1v) is 10.1. The minimum Gasteiger partial charge on any atom is -0.276 e. The first kappa shape index (κ1) is 22.1. The number of nitrogens with one attached hydrogen (secondary N) is 2. The van der Waals surface area contributed by atoms with Crippen molar-refractivity contribution < 1.29 is 0 Å². The Hall–Kier alpha value is -3.22. The molecule has 0 spiro atoms. The Balaban J connectivity index is 0.000000321. The number of hydrogen-bond acceptors (Lipinski definition) is 5. The van der Waals surface area contributed by atoms with Crippen molar-refractivity contribution in [2.24, 2.45) is 5.10 Å². The Morgan fingerprint density at radius 2 is 1.79 bits per heavy atom. The highest BCUT2D eigenvalue weighted by atomic mass is 16.1. The van der Waals surface area contributed by atoms with Gasteiger partial charge in [-0.3, -0.25) is 9.89 Å². The maximum absolute atomic E-state index is 11.1. The van der Waals surface area contributed by atoms with Crippen molar-refractivity contribution in [1.82, 2.24) is 20.4 Å². The number of anilines is 1. The molecule has 7 heteroatoms. The second kappa shape index (κ2) is 11.6. The summed E-state index contributed by atoms with van der Waals surface area (Å²) in [5, 5.41) is 19.8. The van der Waals surface area contributed by atoms with E-state index < -0.39 is 0 Å². The normalized spacial score (nSPS) is 10.3. The third kappa shape index (κ3) is 5.88. The Labute approximate surface area is 171 Å². The van der Waals surface area contributed by atoms with Crippen molar-refractivity contribution >= 4 is 23.3 Å². The summed E-state index contributed by atoms with van der Waals surface area (Å²) in [6, 6.07) is 6.84. The van der Waals surface area contributed by atoms with Crippen LogP contribution in [0.25, 0.3) is 22.2 Å². The van der Waals surface area contributed by atoms with Crippen LogP contribution in [0.4, 0.5) is 5.69 Å². The summed E-state index contributed by atoms with van der Waals surface area (Å²) in [4.78, 5) is 11.1. The average Bonchev–Trinajstić information content (AvgIpc) is 3.24. The monoisotopic (exact) mass is 394 g/mol. The van der Waals surface area contributed by atoms with E-state index in [1.54, 1.807) is 23.5 Å². The maximum atomic E-state index is 11.1. The van der Waals surface area contributed by atoms with Gasteiger partial charge >= 0.3 is 0 Å². The number of aromatic amines is 2. The lowest BCUT2D eigenvalue weighted by atomic mass is 10.1. The van der Waals surface area contributed by atoms with Crippen LogP contribution in [0.15, 0.2) is 53.1 Å². The summed E-state index contributed by atoms with van der Waals surface area (Å²) in [5.74, 6) is 0. The van der Waals surface area contributed by atoms with E-state index in [1.165, 1.54) is 44.6 Å². The van der Waals surface area contributed by atoms with Gasteiger partial charge in [-0.15, -0.1) is 0 Å². The molecule has 3 aromatic rings. The van der Waals surface area contributed by atoms with E-state index in [9.17, 15) is 4.79 Å². The predicted octanol–water partition coefficient (Wildman–Crippen LogP) is 5.25. The molecule has 0 saturated heterocycles.